The molecule has 7 heteroatoms. The number of alkyl carbamates (subject to hydrolysis) is 1. The number of hydrogen-bond donors (Lipinski definition) is 2. The van der Waals surface area contributed by atoms with Gasteiger partial charge in [-0.3, -0.25) is 4.79 Å². The summed E-state index contributed by atoms with van der Waals surface area (Å²) in [6.07, 6.45) is 0.414. The molecule has 0 aromatic heterocycles. The van der Waals surface area contributed by atoms with Gasteiger partial charge in [0.25, 0.3) is 0 Å². The fourth-order valence-corrected chi connectivity index (χ4v) is 2.67. The molecule has 0 heterocycles. The number of benzene rings is 2. The lowest BCUT2D eigenvalue weighted by molar-refractivity contribution is -0.149. The summed E-state index contributed by atoms with van der Waals surface area (Å²) in [5.74, 6) is -0.991. The Bertz CT molecular complexity index is 811. The Morgan fingerprint density at radius 3 is 1.90 bits per heavy atom. The third kappa shape index (κ3) is 7.95. The van der Waals surface area contributed by atoms with Gasteiger partial charge in [-0.05, 0) is 24.5 Å². The Morgan fingerprint density at radius 2 is 1.37 bits per heavy atom. The molecule has 0 radical (unpaired) electrons. The third-order valence-electron chi connectivity index (χ3n) is 4.34. The summed E-state index contributed by atoms with van der Waals surface area (Å²) < 4.78 is 10.4. The maximum Gasteiger partial charge on any atom is 0.408 e. The number of esters is 1. The van der Waals surface area contributed by atoms with Crippen LogP contribution in [0.1, 0.15) is 37.8 Å². The Balaban J connectivity index is 1.80. The third-order valence-corrected chi connectivity index (χ3v) is 4.34. The number of carbonyl (C=O) groups is 3. The Kier molecular flexibility index (Phi) is 9.37. The predicted octanol–water partition coefficient (Wildman–Crippen LogP) is 3.33. The van der Waals surface area contributed by atoms with E-state index >= 15 is 0 Å². The van der Waals surface area contributed by atoms with Crippen molar-refractivity contribution in [1.82, 2.24) is 10.6 Å². The Hall–Kier alpha value is -3.35. The standard InChI is InChI=1S/C23H28N2O5/c1-3-10-20(22(27)29-15-18-11-6-4-7-12-18)25-21(26)17(2)24-23(28)30-16-19-13-8-5-9-14-19/h4-9,11-14,17,20H,3,10,15-16H2,1-2H3,(H,24,28)(H,25,26)/t17-,20-/m0/s1. The van der Waals surface area contributed by atoms with E-state index in [4.69, 9.17) is 9.47 Å². The van der Waals surface area contributed by atoms with Gasteiger partial charge in [-0.25, -0.2) is 9.59 Å². The smallest absolute Gasteiger partial charge is 0.408 e. The summed E-state index contributed by atoms with van der Waals surface area (Å²) in [6, 6.07) is 16.9. The molecule has 0 saturated carbocycles. The van der Waals surface area contributed by atoms with Gasteiger partial charge in [-0.1, -0.05) is 74.0 Å². The molecule has 2 aromatic rings. The van der Waals surface area contributed by atoms with Gasteiger partial charge in [0, 0.05) is 0 Å². The number of carbonyl (C=O) groups excluding carboxylic acids is 3. The van der Waals surface area contributed by atoms with E-state index in [1.54, 1.807) is 0 Å². The van der Waals surface area contributed by atoms with Crippen LogP contribution in [0.2, 0.25) is 0 Å². The quantitative estimate of drug-likeness (QED) is 0.584. The molecule has 30 heavy (non-hydrogen) atoms. The largest absolute Gasteiger partial charge is 0.459 e. The first kappa shape index (κ1) is 22.9. The van der Waals surface area contributed by atoms with Crippen molar-refractivity contribution >= 4 is 18.0 Å². The van der Waals surface area contributed by atoms with Crippen LogP contribution < -0.4 is 10.6 Å². The molecule has 2 aromatic carbocycles. The van der Waals surface area contributed by atoms with Gasteiger partial charge in [-0.15, -0.1) is 0 Å². The zero-order valence-corrected chi connectivity index (χ0v) is 17.3. The minimum Gasteiger partial charge on any atom is -0.459 e. The lowest BCUT2D eigenvalue weighted by Crippen LogP contribution is -2.50. The van der Waals surface area contributed by atoms with Crippen LogP contribution in [0.15, 0.2) is 60.7 Å². The lowest BCUT2D eigenvalue weighted by atomic mass is 10.1. The van der Waals surface area contributed by atoms with Gasteiger partial charge < -0.3 is 20.1 Å². The molecule has 7 nitrogen and oxygen atoms in total. The highest BCUT2D eigenvalue weighted by Gasteiger charge is 2.25. The molecule has 0 saturated heterocycles. The van der Waals surface area contributed by atoms with E-state index in [1.165, 1.54) is 6.92 Å². The second kappa shape index (κ2) is 12.3. The van der Waals surface area contributed by atoms with Gasteiger partial charge in [0.2, 0.25) is 5.91 Å². The number of rotatable bonds is 10. The zero-order valence-electron chi connectivity index (χ0n) is 17.3. The molecule has 0 bridgehead atoms. The van der Waals surface area contributed by atoms with E-state index in [0.29, 0.717) is 12.8 Å². The predicted molar refractivity (Wildman–Crippen MR) is 112 cm³/mol. The van der Waals surface area contributed by atoms with Crippen LogP contribution in [0.3, 0.4) is 0 Å². The van der Waals surface area contributed by atoms with Crippen LogP contribution in [0.4, 0.5) is 4.79 Å². The van der Waals surface area contributed by atoms with E-state index in [2.05, 4.69) is 10.6 Å². The first-order valence-corrected chi connectivity index (χ1v) is 9.97. The van der Waals surface area contributed by atoms with Crippen molar-refractivity contribution in [2.45, 2.75) is 52.0 Å². The first-order valence-electron chi connectivity index (χ1n) is 9.97. The molecule has 2 rings (SSSR count). The van der Waals surface area contributed by atoms with Crippen LogP contribution >= 0.6 is 0 Å². The number of nitrogens with one attached hydrogen (secondary N) is 2. The highest BCUT2D eigenvalue weighted by molar-refractivity contribution is 5.89. The van der Waals surface area contributed by atoms with Crippen molar-refractivity contribution in [3.05, 3.63) is 71.8 Å². The molecular formula is C23H28N2O5. The Labute approximate surface area is 176 Å². The lowest BCUT2D eigenvalue weighted by Gasteiger charge is -2.20. The molecular weight excluding hydrogens is 384 g/mol. The van der Waals surface area contributed by atoms with Crippen LogP contribution in [0, 0.1) is 0 Å². The fraction of sp³-hybridized carbons (Fsp3) is 0.348. The number of ether oxygens (including phenoxy) is 2. The van der Waals surface area contributed by atoms with Crippen LogP contribution in [-0.2, 0) is 32.3 Å². The van der Waals surface area contributed by atoms with Crippen molar-refractivity contribution in [3.63, 3.8) is 0 Å². The minimum absolute atomic E-state index is 0.102. The summed E-state index contributed by atoms with van der Waals surface area (Å²) in [4.78, 5) is 36.8. The Morgan fingerprint density at radius 1 is 0.833 bits per heavy atom. The number of amides is 2. The average Bonchev–Trinajstić information content (AvgIpc) is 2.77. The molecule has 0 aliphatic heterocycles. The van der Waals surface area contributed by atoms with Gasteiger partial charge in [-0.2, -0.15) is 0 Å². The van der Waals surface area contributed by atoms with E-state index < -0.39 is 30.1 Å². The van der Waals surface area contributed by atoms with Crippen LogP contribution in [0.25, 0.3) is 0 Å². The van der Waals surface area contributed by atoms with Crippen LogP contribution in [0.5, 0.6) is 0 Å². The summed E-state index contributed by atoms with van der Waals surface area (Å²) in [7, 11) is 0. The van der Waals surface area contributed by atoms with Crippen molar-refractivity contribution in [3.8, 4) is 0 Å². The molecule has 0 aliphatic rings. The summed E-state index contributed by atoms with van der Waals surface area (Å²) in [5.41, 5.74) is 1.71. The van der Waals surface area contributed by atoms with Crippen molar-refractivity contribution in [1.29, 1.82) is 0 Å². The van der Waals surface area contributed by atoms with Gasteiger partial charge in [0.1, 0.15) is 25.3 Å². The van der Waals surface area contributed by atoms with Crippen molar-refractivity contribution < 1.29 is 23.9 Å². The minimum atomic E-state index is -0.866. The SMILES string of the molecule is CCC[C@H](NC(=O)[C@H](C)NC(=O)OCc1ccccc1)C(=O)OCc1ccccc1. The van der Waals surface area contributed by atoms with E-state index in [0.717, 1.165) is 11.1 Å². The van der Waals surface area contributed by atoms with Gasteiger partial charge in [0.15, 0.2) is 0 Å². The summed E-state index contributed by atoms with van der Waals surface area (Å²) in [6.45, 7) is 3.67. The monoisotopic (exact) mass is 412 g/mol. The number of hydrogen-bond acceptors (Lipinski definition) is 5. The van der Waals surface area contributed by atoms with Crippen LogP contribution in [-0.4, -0.2) is 30.1 Å². The highest BCUT2D eigenvalue weighted by Crippen LogP contribution is 2.06. The molecule has 0 aliphatic carbocycles. The first-order chi connectivity index (χ1) is 14.5. The second-order valence-corrected chi connectivity index (χ2v) is 6.87. The van der Waals surface area contributed by atoms with E-state index in [9.17, 15) is 14.4 Å². The van der Waals surface area contributed by atoms with Crippen molar-refractivity contribution in [2.24, 2.45) is 0 Å². The average molecular weight is 412 g/mol. The molecule has 160 valence electrons. The molecule has 0 fully saturated rings. The fourth-order valence-electron chi connectivity index (χ4n) is 2.67. The maximum atomic E-state index is 12.4. The van der Waals surface area contributed by atoms with E-state index in [1.807, 2.05) is 67.6 Å². The molecule has 2 amide bonds. The topological polar surface area (TPSA) is 93.7 Å². The second-order valence-electron chi connectivity index (χ2n) is 6.87. The van der Waals surface area contributed by atoms with Crippen molar-refractivity contribution in [2.75, 3.05) is 0 Å². The van der Waals surface area contributed by atoms with Gasteiger partial charge in [0.05, 0.1) is 0 Å². The van der Waals surface area contributed by atoms with E-state index in [-0.39, 0.29) is 13.2 Å². The zero-order chi connectivity index (χ0) is 21.8. The molecule has 2 N–H and O–H groups in total. The molecule has 0 spiro atoms. The summed E-state index contributed by atoms with van der Waals surface area (Å²) >= 11 is 0. The maximum absolute atomic E-state index is 12.4. The highest BCUT2D eigenvalue weighted by atomic mass is 16.5. The normalized spacial score (nSPS) is 12.3. The van der Waals surface area contributed by atoms with Gasteiger partial charge >= 0.3 is 12.1 Å². The molecule has 2 atom stereocenters. The summed E-state index contributed by atoms with van der Waals surface area (Å²) in [5, 5.41) is 5.12. The molecule has 0 unspecified atom stereocenters.